The molecule has 1 aromatic heterocycles. The zero-order valence-electron chi connectivity index (χ0n) is 10.9. The van der Waals surface area contributed by atoms with Gasteiger partial charge in [-0.1, -0.05) is 0 Å². The second-order valence-corrected chi connectivity index (χ2v) is 4.82. The molecule has 2 rings (SSSR count). The lowest BCUT2D eigenvalue weighted by Gasteiger charge is -2.09. The van der Waals surface area contributed by atoms with Crippen LogP contribution in [-0.4, -0.2) is 12.3 Å². The van der Waals surface area contributed by atoms with Gasteiger partial charge in [-0.15, -0.1) is 13.2 Å². The highest BCUT2D eigenvalue weighted by Crippen LogP contribution is 2.24. The molecule has 22 heavy (non-hydrogen) atoms. The fraction of sp³-hybridized carbons (Fsp3) is 0.0714. The summed E-state index contributed by atoms with van der Waals surface area (Å²) in [6, 6.07) is 8.16. The van der Waals surface area contributed by atoms with Crippen LogP contribution in [0.1, 0.15) is 5.76 Å². The van der Waals surface area contributed by atoms with E-state index in [1.807, 2.05) is 0 Å². The first-order valence-electron chi connectivity index (χ1n) is 5.92. The van der Waals surface area contributed by atoms with Gasteiger partial charge < -0.3 is 14.5 Å². The second kappa shape index (κ2) is 6.69. The molecule has 1 amide bonds. The molecule has 0 radical (unpaired) electrons. The number of hydrogen-bond donors (Lipinski definition) is 1. The lowest BCUT2D eigenvalue weighted by atomic mass is 10.3. The summed E-state index contributed by atoms with van der Waals surface area (Å²) in [5, 5.41) is 2.49. The quantitative estimate of drug-likeness (QED) is 0.794. The fourth-order valence-electron chi connectivity index (χ4n) is 1.50. The average Bonchev–Trinajstić information content (AvgIpc) is 2.83. The Labute approximate surface area is 131 Å². The first-order valence-corrected chi connectivity index (χ1v) is 6.71. The van der Waals surface area contributed by atoms with Crippen LogP contribution in [-0.2, 0) is 4.79 Å². The molecule has 0 saturated carbocycles. The number of benzene rings is 1. The van der Waals surface area contributed by atoms with Crippen molar-refractivity contribution in [2.75, 3.05) is 5.32 Å². The summed E-state index contributed by atoms with van der Waals surface area (Å²) >= 11 is 3.13. The smallest absolute Gasteiger partial charge is 0.450 e. The largest absolute Gasteiger partial charge is 0.573 e. The number of nitrogens with one attached hydrogen (secondary N) is 1. The van der Waals surface area contributed by atoms with Crippen LogP contribution in [0.15, 0.2) is 51.6 Å². The Bertz CT molecular complexity index is 677. The zero-order chi connectivity index (χ0) is 16.2. The molecule has 0 aliphatic rings. The molecule has 0 saturated heterocycles. The normalized spacial score (nSPS) is 11.6. The molecular weight excluding hydrogens is 367 g/mol. The van der Waals surface area contributed by atoms with Crippen molar-refractivity contribution in [3.63, 3.8) is 0 Å². The first-order chi connectivity index (χ1) is 10.3. The predicted octanol–water partition coefficient (Wildman–Crippen LogP) is 4.59. The van der Waals surface area contributed by atoms with Crippen LogP contribution in [0.5, 0.6) is 5.75 Å². The van der Waals surface area contributed by atoms with Crippen molar-refractivity contribution in [2.24, 2.45) is 0 Å². The van der Waals surface area contributed by atoms with Crippen LogP contribution in [0, 0.1) is 0 Å². The third-order valence-corrected chi connectivity index (χ3v) is 2.77. The Morgan fingerprint density at radius 1 is 1.18 bits per heavy atom. The van der Waals surface area contributed by atoms with E-state index in [9.17, 15) is 18.0 Å². The van der Waals surface area contributed by atoms with Crippen molar-refractivity contribution in [3.8, 4) is 5.75 Å². The van der Waals surface area contributed by atoms with E-state index >= 15 is 0 Å². The van der Waals surface area contributed by atoms with Gasteiger partial charge in [-0.25, -0.2) is 0 Å². The van der Waals surface area contributed by atoms with Crippen LogP contribution >= 0.6 is 15.9 Å². The van der Waals surface area contributed by atoms with Gasteiger partial charge in [0, 0.05) is 11.8 Å². The maximum atomic E-state index is 12.0. The van der Waals surface area contributed by atoms with E-state index in [0.29, 0.717) is 16.1 Å². The third kappa shape index (κ3) is 5.28. The van der Waals surface area contributed by atoms with Crippen LogP contribution in [0.25, 0.3) is 6.08 Å². The summed E-state index contributed by atoms with van der Waals surface area (Å²) in [6.45, 7) is 0. The summed E-state index contributed by atoms with van der Waals surface area (Å²) in [6.07, 6.45) is -2.04. The van der Waals surface area contributed by atoms with Crippen LogP contribution < -0.4 is 10.1 Å². The highest BCUT2D eigenvalue weighted by atomic mass is 79.9. The van der Waals surface area contributed by atoms with Crippen molar-refractivity contribution in [1.29, 1.82) is 0 Å². The molecule has 0 aliphatic carbocycles. The van der Waals surface area contributed by atoms with Crippen molar-refractivity contribution in [3.05, 3.63) is 52.9 Å². The van der Waals surface area contributed by atoms with Crippen molar-refractivity contribution in [2.45, 2.75) is 6.36 Å². The maximum absolute atomic E-state index is 12.0. The zero-order valence-corrected chi connectivity index (χ0v) is 12.4. The van der Waals surface area contributed by atoms with E-state index in [0.717, 1.165) is 12.1 Å². The van der Waals surface area contributed by atoms with Gasteiger partial charge in [-0.05, 0) is 58.4 Å². The Morgan fingerprint density at radius 2 is 1.86 bits per heavy atom. The Kier molecular flexibility index (Phi) is 4.92. The number of hydrogen-bond acceptors (Lipinski definition) is 3. The highest BCUT2D eigenvalue weighted by Gasteiger charge is 2.30. The van der Waals surface area contributed by atoms with Gasteiger partial charge in [0.15, 0.2) is 4.67 Å². The molecule has 0 bridgehead atoms. The summed E-state index contributed by atoms with van der Waals surface area (Å²) in [7, 11) is 0. The predicted molar refractivity (Wildman–Crippen MR) is 77.2 cm³/mol. The number of amides is 1. The van der Waals surface area contributed by atoms with E-state index in [-0.39, 0.29) is 5.75 Å². The Morgan fingerprint density at radius 3 is 2.41 bits per heavy atom. The number of carbonyl (C=O) groups is 1. The standard InChI is InChI=1S/C14H9BrF3NO3/c15-12-7-5-10(21-12)6-8-13(20)19-9-1-3-11(4-2-9)22-14(16,17)18/h1-8H,(H,19,20)/b8-6+. The Balaban J connectivity index is 1.93. The first kappa shape index (κ1) is 16.2. The molecule has 0 spiro atoms. The van der Waals surface area contributed by atoms with Crippen LogP contribution in [0.3, 0.4) is 0 Å². The second-order valence-electron chi connectivity index (χ2n) is 4.04. The van der Waals surface area contributed by atoms with E-state index in [2.05, 4.69) is 26.0 Å². The van der Waals surface area contributed by atoms with Gasteiger partial charge in [0.25, 0.3) is 0 Å². The number of rotatable bonds is 4. The van der Waals surface area contributed by atoms with Crippen molar-refractivity contribution in [1.82, 2.24) is 0 Å². The van der Waals surface area contributed by atoms with Gasteiger partial charge in [0.2, 0.25) is 5.91 Å². The van der Waals surface area contributed by atoms with E-state index in [4.69, 9.17) is 4.42 Å². The van der Waals surface area contributed by atoms with Gasteiger partial charge in [-0.3, -0.25) is 4.79 Å². The molecule has 0 unspecified atom stereocenters. The number of alkyl halides is 3. The molecule has 8 heteroatoms. The number of halogens is 4. The molecule has 0 fully saturated rings. The maximum Gasteiger partial charge on any atom is 0.573 e. The third-order valence-electron chi connectivity index (χ3n) is 2.35. The molecule has 1 heterocycles. The minimum atomic E-state index is -4.75. The number of ether oxygens (including phenoxy) is 1. The molecule has 1 aromatic carbocycles. The summed E-state index contributed by atoms with van der Waals surface area (Å²) in [4.78, 5) is 11.6. The minimum Gasteiger partial charge on any atom is -0.450 e. The highest BCUT2D eigenvalue weighted by molar-refractivity contribution is 9.10. The molecule has 4 nitrogen and oxygen atoms in total. The lowest BCUT2D eigenvalue weighted by Crippen LogP contribution is -2.17. The molecular formula is C14H9BrF3NO3. The van der Waals surface area contributed by atoms with Crippen molar-refractivity contribution >= 4 is 33.6 Å². The fourth-order valence-corrected chi connectivity index (χ4v) is 1.82. The molecule has 2 aromatic rings. The van der Waals surface area contributed by atoms with Crippen LogP contribution in [0.2, 0.25) is 0 Å². The number of furan rings is 1. The van der Waals surface area contributed by atoms with Gasteiger partial charge >= 0.3 is 6.36 Å². The minimum absolute atomic E-state index is 0.338. The van der Waals surface area contributed by atoms with E-state index in [1.54, 1.807) is 12.1 Å². The monoisotopic (exact) mass is 375 g/mol. The average molecular weight is 376 g/mol. The molecule has 0 atom stereocenters. The molecule has 116 valence electrons. The summed E-state index contributed by atoms with van der Waals surface area (Å²) < 4.78 is 45.4. The van der Waals surface area contributed by atoms with Gasteiger partial charge in [-0.2, -0.15) is 0 Å². The summed E-state index contributed by atoms with van der Waals surface area (Å²) in [5.41, 5.74) is 0.338. The molecule has 0 aliphatic heterocycles. The Hall–Kier alpha value is -2.22. The lowest BCUT2D eigenvalue weighted by molar-refractivity contribution is -0.274. The SMILES string of the molecule is O=C(/C=C/c1ccc(Br)o1)Nc1ccc(OC(F)(F)F)cc1. The van der Waals surface area contributed by atoms with Gasteiger partial charge in [0.1, 0.15) is 11.5 Å². The number of anilines is 1. The van der Waals surface area contributed by atoms with E-state index in [1.165, 1.54) is 24.3 Å². The van der Waals surface area contributed by atoms with E-state index < -0.39 is 12.3 Å². The summed E-state index contributed by atoms with van der Waals surface area (Å²) in [5.74, 6) is -0.325. The number of carbonyl (C=O) groups excluding carboxylic acids is 1. The van der Waals surface area contributed by atoms with Crippen molar-refractivity contribution < 1.29 is 27.1 Å². The molecule has 1 N–H and O–H groups in total. The van der Waals surface area contributed by atoms with Gasteiger partial charge in [0.05, 0.1) is 0 Å². The topological polar surface area (TPSA) is 51.5 Å². The van der Waals surface area contributed by atoms with Crippen LogP contribution in [0.4, 0.5) is 18.9 Å².